The van der Waals surface area contributed by atoms with E-state index in [1.807, 2.05) is 4.90 Å². The number of rotatable bonds is 4. The second kappa shape index (κ2) is 7.76. The summed E-state index contributed by atoms with van der Waals surface area (Å²) in [6, 6.07) is 16.2. The van der Waals surface area contributed by atoms with E-state index in [0.29, 0.717) is 5.56 Å². The number of ether oxygens (including phenoxy) is 1. The molecule has 1 aliphatic heterocycles. The van der Waals surface area contributed by atoms with Gasteiger partial charge in [-0.3, -0.25) is 9.78 Å². The number of piperazine rings is 1. The summed E-state index contributed by atoms with van der Waals surface area (Å²) in [6.07, 6.45) is 3.34. The zero-order valence-corrected chi connectivity index (χ0v) is 15.5. The van der Waals surface area contributed by atoms with E-state index >= 15 is 0 Å². The second-order valence-electron chi connectivity index (χ2n) is 6.92. The van der Waals surface area contributed by atoms with E-state index in [2.05, 4.69) is 41.4 Å². The van der Waals surface area contributed by atoms with Crippen LogP contribution < -0.4 is 9.64 Å². The molecule has 27 heavy (non-hydrogen) atoms. The van der Waals surface area contributed by atoms with Crippen LogP contribution in [0.2, 0.25) is 0 Å². The zero-order chi connectivity index (χ0) is 18.6. The summed E-state index contributed by atoms with van der Waals surface area (Å²) < 4.78 is 5.63. The molecule has 2 heterocycles. The number of carbonyl (C=O) groups excluding carboxylic acids is 1. The van der Waals surface area contributed by atoms with Crippen molar-refractivity contribution in [2.24, 2.45) is 0 Å². The lowest BCUT2D eigenvalue weighted by atomic mass is 10.0. The summed E-state index contributed by atoms with van der Waals surface area (Å²) in [5.41, 5.74) is 1.96. The van der Waals surface area contributed by atoms with Crippen LogP contribution in [0.3, 0.4) is 0 Å². The van der Waals surface area contributed by atoms with Crippen molar-refractivity contribution in [1.29, 1.82) is 0 Å². The summed E-state index contributed by atoms with van der Waals surface area (Å²) in [5, 5.41) is 2.49. The number of hydrogen-bond donors (Lipinski definition) is 1. The Morgan fingerprint density at radius 1 is 1.07 bits per heavy atom. The molecule has 1 aliphatic rings. The van der Waals surface area contributed by atoms with Crippen LogP contribution in [0.4, 0.5) is 0 Å². The molecule has 3 aromatic rings. The van der Waals surface area contributed by atoms with Gasteiger partial charge in [0, 0.05) is 18.0 Å². The molecule has 0 aliphatic carbocycles. The van der Waals surface area contributed by atoms with Crippen molar-refractivity contribution in [1.82, 2.24) is 9.88 Å². The molecule has 2 aromatic carbocycles. The van der Waals surface area contributed by atoms with Crippen molar-refractivity contribution in [3.05, 3.63) is 72.1 Å². The van der Waals surface area contributed by atoms with Crippen LogP contribution in [0.15, 0.2) is 60.9 Å². The molecule has 138 valence electrons. The van der Waals surface area contributed by atoms with Gasteiger partial charge in [0.15, 0.2) is 0 Å². The fourth-order valence-corrected chi connectivity index (χ4v) is 3.82. The fourth-order valence-electron chi connectivity index (χ4n) is 3.82. The number of nitrogens with zero attached hydrogens (tertiary/aromatic N) is 2. The molecule has 0 bridgehead atoms. The number of methoxy groups -OCH3 is 1. The normalized spacial score (nSPS) is 15.1. The molecule has 0 radical (unpaired) electrons. The Morgan fingerprint density at radius 2 is 1.81 bits per heavy atom. The van der Waals surface area contributed by atoms with Crippen molar-refractivity contribution >= 4 is 16.7 Å². The van der Waals surface area contributed by atoms with Crippen LogP contribution in [0.5, 0.6) is 5.75 Å². The average molecular weight is 362 g/mol. The van der Waals surface area contributed by atoms with Crippen molar-refractivity contribution < 1.29 is 14.4 Å². The van der Waals surface area contributed by atoms with Crippen molar-refractivity contribution in [2.75, 3.05) is 33.3 Å². The fraction of sp³-hybridized carbons (Fsp3) is 0.273. The molecule has 1 amide bonds. The predicted octanol–water partition coefficient (Wildman–Crippen LogP) is 1.78. The Hall–Kier alpha value is -2.92. The van der Waals surface area contributed by atoms with Gasteiger partial charge in [-0.1, -0.05) is 30.3 Å². The highest BCUT2D eigenvalue weighted by molar-refractivity contribution is 5.94. The lowest BCUT2D eigenvalue weighted by Crippen LogP contribution is -3.13. The van der Waals surface area contributed by atoms with E-state index in [1.165, 1.54) is 21.2 Å². The number of amides is 1. The summed E-state index contributed by atoms with van der Waals surface area (Å²) in [7, 11) is 1.73. The molecule has 0 atom stereocenters. The monoisotopic (exact) mass is 362 g/mol. The average Bonchev–Trinajstić information content (AvgIpc) is 2.74. The van der Waals surface area contributed by atoms with Crippen LogP contribution >= 0.6 is 0 Å². The molecule has 5 nitrogen and oxygen atoms in total. The van der Waals surface area contributed by atoms with E-state index in [-0.39, 0.29) is 5.91 Å². The first kappa shape index (κ1) is 17.5. The molecule has 0 unspecified atom stereocenters. The lowest BCUT2D eigenvalue weighted by molar-refractivity contribution is -0.917. The van der Waals surface area contributed by atoms with E-state index < -0.39 is 0 Å². The van der Waals surface area contributed by atoms with Crippen LogP contribution in [0.1, 0.15) is 15.9 Å². The van der Waals surface area contributed by atoms with Crippen LogP contribution in [0.25, 0.3) is 10.8 Å². The summed E-state index contributed by atoms with van der Waals surface area (Å²) >= 11 is 0. The largest absolute Gasteiger partial charge is 0.496 e. The third kappa shape index (κ3) is 3.64. The number of carbonyl (C=O) groups is 1. The molecular weight excluding hydrogens is 338 g/mol. The molecule has 1 saturated heterocycles. The maximum Gasteiger partial charge on any atom is 0.254 e. The topological polar surface area (TPSA) is 46.9 Å². The van der Waals surface area contributed by atoms with Gasteiger partial charge in [0.05, 0.1) is 38.9 Å². The first-order valence-corrected chi connectivity index (χ1v) is 9.34. The molecule has 0 spiro atoms. The van der Waals surface area contributed by atoms with E-state index in [1.54, 1.807) is 31.6 Å². The maximum absolute atomic E-state index is 12.6. The van der Waals surface area contributed by atoms with Gasteiger partial charge in [0.2, 0.25) is 0 Å². The first-order chi connectivity index (χ1) is 13.3. The van der Waals surface area contributed by atoms with Gasteiger partial charge in [-0.2, -0.15) is 0 Å². The van der Waals surface area contributed by atoms with E-state index in [9.17, 15) is 4.79 Å². The first-order valence-electron chi connectivity index (χ1n) is 9.34. The number of aromatic nitrogens is 1. The minimum atomic E-state index is 0.0965. The zero-order valence-electron chi connectivity index (χ0n) is 15.5. The highest BCUT2D eigenvalue weighted by Crippen LogP contribution is 2.27. The Balaban J connectivity index is 1.47. The number of nitrogens with one attached hydrogen (secondary N) is 1. The maximum atomic E-state index is 12.6. The van der Waals surface area contributed by atoms with Crippen molar-refractivity contribution in [3.8, 4) is 5.75 Å². The SMILES string of the molecule is COc1ccc2ccccc2c1C[NH+]1CCN(C(=O)c2ccncc2)CC1. The standard InChI is InChI=1S/C22H23N3O2/c1-27-21-7-6-17-4-2-3-5-19(17)20(21)16-24-12-14-25(15-13-24)22(26)18-8-10-23-11-9-18/h2-11H,12-16H2,1H3/p+1. The summed E-state index contributed by atoms with van der Waals surface area (Å²) in [5.74, 6) is 1.04. The molecule has 0 saturated carbocycles. The summed E-state index contributed by atoms with van der Waals surface area (Å²) in [4.78, 5) is 20.0. The van der Waals surface area contributed by atoms with Gasteiger partial charge in [-0.25, -0.2) is 0 Å². The molecular formula is C22H24N3O2+. The molecule has 1 aromatic heterocycles. The Morgan fingerprint density at radius 3 is 2.56 bits per heavy atom. The Bertz CT molecular complexity index is 935. The van der Waals surface area contributed by atoms with Gasteiger partial charge in [-0.15, -0.1) is 0 Å². The van der Waals surface area contributed by atoms with Crippen molar-refractivity contribution in [2.45, 2.75) is 6.54 Å². The van der Waals surface area contributed by atoms with Crippen LogP contribution in [-0.4, -0.2) is 49.1 Å². The highest BCUT2D eigenvalue weighted by Gasteiger charge is 2.25. The lowest BCUT2D eigenvalue weighted by Gasteiger charge is -2.32. The molecule has 4 rings (SSSR count). The highest BCUT2D eigenvalue weighted by atomic mass is 16.5. The van der Waals surface area contributed by atoms with Gasteiger partial charge < -0.3 is 14.5 Å². The number of fused-ring (bicyclic) bond motifs is 1. The summed E-state index contributed by atoms with van der Waals surface area (Å²) in [6.45, 7) is 4.31. The molecule has 1 N–H and O–H groups in total. The number of pyridine rings is 1. The third-order valence-corrected chi connectivity index (χ3v) is 5.33. The quantitative estimate of drug-likeness (QED) is 0.770. The number of quaternary nitrogens is 1. The Kier molecular flexibility index (Phi) is 5.03. The smallest absolute Gasteiger partial charge is 0.254 e. The van der Waals surface area contributed by atoms with Crippen LogP contribution in [-0.2, 0) is 6.54 Å². The minimum absolute atomic E-state index is 0.0965. The van der Waals surface area contributed by atoms with Gasteiger partial charge in [-0.05, 0) is 29.0 Å². The van der Waals surface area contributed by atoms with Crippen LogP contribution in [0, 0.1) is 0 Å². The van der Waals surface area contributed by atoms with Gasteiger partial charge in [0.25, 0.3) is 5.91 Å². The number of hydrogen-bond acceptors (Lipinski definition) is 3. The van der Waals surface area contributed by atoms with Crippen molar-refractivity contribution in [3.63, 3.8) is 0 Å². The molecule has 5 heteroatoms. The van der Waals surface area contributed by atoms with E-state index in [4.69, 9.17) is 4.74 Å². The second-order valence-corrected chi connectivity index (χ2v) is 6.92. The number of benzene rings is 2. The molecule has 1 fully saturated rings. The van der Waals surface area contributed by atoms with Gasteiger partial charge >= 0.3 is 0 Å². The predicted molar refractivity (Wildman–Crippen MR) is 105 cm³/mol. The minimum Gasteiger partial charge on any atom is -0.496 e. The van der Waals surface area contributed by atoms with E-state index in [0.717, 1.165) is 38.5 Å². The Labute approximate surface area is 159 Å². The van der Waals surface area contributed by atoms with Gasteiger partial charge in [0.1, 0.15) is 12.3 Å². The third-order valence-electron chi connectivity index (χ3n) is 5.33.